The Morgan fingerprint density at radius 2 is 1.88 bits per heavy atom. The average molecular weight is 359 g/mol. The zero-order chi connectivity index (χ0) is 17.9. The minimum Gasteiger partial charge on any atom is -0.257 e. The highest BCUT2D eigenvalue weighted by Crippen LogP contribution is 2.28. The molecule has 2 heterocycles. The Morgan fingerprint density at radius 1 is 1.12 bits per heavy atom. The number of benzene rings is 1. The van der Waals surface area contributed by atoms with Crippen molar-refractivity contribution in [1.82, 2.24) is 13.6 Å². The number of pyridine rings is 1. The summed E-state index contributed by atoms with van der Waals surface area (Å²) in [5.41, 5.74) is 3.25. The van der Waals surface area contributed by atoms with E-state index in [-0.39, 0.29) is 5.92 Å². The van der Waals surface area contributed by atoms with Crippen molar-refractivity contribution in [3.8, 4) is 0 Å². The summed E-state index contributed by atoms with van der Waals surface area (Å²) < 4.78 is 27.7. The second kappa shape index (κ2) is 7.64. The van der Waals surface area contributed by atoms with Crippen LogP contribution in [0, 0.1) is 0 Å². The number of nitrogens with zero attached hydrogens (tertiary/aromatic N) is 3. The molecule has 0 bridgehead atoms. The van der Waals surface area contributed by atoms with Gasteiger partial charge in [-0.15, -0.1) is 0 Å². The van der Waals surface area contributed by atoms with Crippen molar-refractivity contribution in [3.05, 3.63) is 65.5 Å². The predicted molar refractivity (Wildman–Crippen MR) is 99.6 cm³/mol. The molecule has 1 aliphatic rings. The van der Waals surface area contributed by atoms with Gasteiger partial charge in [0.1, 0.15) is 0 Å². The highest BCUT2D eigenvalue weighted by atomic mass is 32.2. The summed E-state index contributed by atoms with van der Waals surface area (Å²) in [6, 6.07) is 16.4. The number of rotatable bonds is 5. The van der Waals surface area contributed by atoms with Crippen molar-refractivity contribution in [2.24, 2.45) is 0 Å². The Hall–Kier alpha value is -1.76. The predicted octanol–water partition coefficient (Wildman–Crippen LogP) is 2.66. The van der Waals surface area contributed by atoms with E-state index in [1.807, 2.05) is 36.4 Å². The van der Waals surface area contributed by atoms with Crippen molar-refractivity contribution in [2.45, 2.75) is 25.2 Å². The average Bonchev–Trinajstić information content (AvgIpc) is 2.63. The number of piperidine rings is 1. The molecular formula is C19H25N3O2S. The molecule has 1 fully saturated rings. The fraction of sp³-hybridized carbons (Fsp3) is 0.421. The van der Waals surface area contributed by atoms with Crippen LogP contribution >= 0.6 is 0 Å². The maximum atomic E-state index is 12.4. The smallest absolute Gasteiger partial charge is 0.257 e. The van der Waals surface area contributed by atoms with Gasteiger partial charge >= 0.3 is 0 Å². The van der Waals surface area contributed by atoms with E-state index >= 15 is 0 Å². The van der Waals surface area contributed by atoms with Crippen LogP contribution in [0.1, 0.15) is 35.7 Å². The summed E-state index contributed by atoms with van der Waals surface area (Å²) in [6.07, 6.45) is 2.63. The topological polar surface area (TPSA) is 53.5 Å². The second-order valence-electron chi connectivity index (χ2n) is 6.70. The zero-order valence-electron chi connectivity index (χ0n) is 14.8. The lowest BCUT2D eigenvalue weighted by molar-refractivity contribution is 0.296. The third-order valence-electron chi connectivity index (χ3n) is 4.65. The third-order valence-corrected chi connectivity index (χ3v) is 6.55. The molecule has 1 aromatic heterocycles. The molecule has 25 heavy (non-hydrogen) atoms. The van der Waals surface area contributed by atoms with Gasteiger partial charge in [-0.2, -0.15) is 17.0 Å². The van der Waals surface area contributed by atoms with E-state index in [0.29, 0.717) is 13.1 Å². The Balaban J connectivity index is 1.76. The first kappa shape index (κ1) is 18.0. The first-order valence-corrected chi connectivity index (χ1v) is 10.0. The van der Waals surface area contributed by atoms with Crippen LogP contribution in [-0.4, -0.2) is 49.2 Å². The zero-order valence-corrected chi connectivity index (χ0v) is 15.6. The summed E-state index contributed by atoms with van der Waals surface area (Å²) in [5.74, 6) is 0.152. The molecule has 2 aromatic rings. The molecule has 0 saturated carbocycles. The van der Waals surface area contributed by atoms with Gasteiger partial charge in [0.05, 0.1) is 0 Å². The standard InChI is InChI=1S/C19H25N3O2S/c1-21(2)25(23,24)22-13-7-10-17(15-22)19-12-6-11-18(20-19)14-16-8-4-3-5-9-16/h3-6,8-9,11-12,17H,7,10,13-15H2,1-2H3/t17-/m0/s1. The first-order valence-electron chi connectivity index (χ1n) is 8.64. The maximum Gasteiger partial charge on any atom is 0.281 e. The molecule has 1 aromatic carbocycles. The Morgan fingerprint density at radius 3 is 2.60 bits per heavy atom. The van der Waals surface area contributed by atoms with Crippen molar-refractivity contribution in [2.75, 3.05) is 27.2 Å². The molecule has 0 amide bonds. The van der Waals surface area contributed by atoms with E-state index in [1.54, 1.807) is 18.4 Å². The van der Waals surface area contributed by atoms with E-state index in [0.717, 1.165) is 30.7 Å². The van der Waals surface area contributed by atoms with Crippen molar-refractivity contribution in [3.63, 3.8) is 0 Å². The van der Waals surface area contributed by atoms with Gasteiger partial charge in [0.15, 0.2) is 0 Å². The largest absolute Gasteiger partial charge is 0.281 e. The summed E-state index contributed by atoms with van der Waals surface area (Å²) in [4.78, 5) is 4.82. The summed E-state index contributed by atoms with van der Waals surface area (Å²) in [5, 5.41) is 0. The number of hydrogen-bond acceptors (Lipinski definition) is 3. The highest BCUT2D eigenvalue weighted by molar-refractivity contribution is 7.86. The van der Waals surface area contributed by atoms with Crippen LogP contribution in [0.25, 0.3) is 0 Å². The summed E-state index contributed by atoms with van der Waals surface area (Å²) in [6.45, 7) is 1.09. The van der Waals surface area contributed by atoms with E-state index in [4.69, 9.17) is 4.98 Å². The number of hydrogen-bond donors (Lipinski definition) is 0. The van der Waals surface area contributed by atoms with E-state index in [2.05, 4.69) is 12.1 Å². The monoisotopic (exact) mass is 359 g/mol. The quantitative estimate of drug-likeness (QED) is 0.825. The van der Waals surface area contributed by atoms with Crippen LogP contribution in [-0.2, 0) is 16.6 Å². The van der Waals surface area contributed by atoms with Crippen LogP contribution in [0.3, 0.4) is 0 Å². The van der Waals surface area contributed by atoms with Gasteiger partial charge < -0.3 is 0 Å². The van der Waals surface area contributed by atoms with E-state index < -0.39 is 10.2 Å². The number of aromatic nitrogens is 1. The van der Waals surface area contributed by atoms with E-state index in [1.165, 1.54) is 9.87 Å². The fourth-order valence-electron chi connectivity index (χ4n) is 3.25. The van der Waals surface area contributed by atoms with Gasteiger partial charge in [-0.1, -0.05) is 36.4 Å². The maximum absolute atomic E-state index is 12.4. The molecule has 1 atom stereocenters. The lowest BCUT2D eigenvalue weighted by Gasteiger charge is -2.33. The lowest BCUT2D eigenvalue weighted by atomic mass is 9.95. The molecule has 1 saturated heterocycles. The molecule has 0 spiro atoms. The van der Waals surface area contributed by atoms with Crippen molar-refractivity contribution < 1.29 is 8.42 Å². The molecule has 0 radical (unpaired) electrons. The van der Waals surface area contributed by atoms with Gasteiger partial charge in [-0.25, -0.2) is 0 Å². The van der Waals surface area contributed by atoms with E-state index in [9.17, 15) is 8.42 Å². The van der Waals surface area contributed by atoms with Gasteiger partial charge in [-0.05, 0) is 30.5 Å². The first-order chi connectivity index (χ1) is 12.0. The Bertz CT molecular complexity index is 806. The van der Waals surface area contributed by atoms with Gasteiger partial charge in [0.2, 0.25) is 0 Å². The van der Waals surface area contributed by atoms with Gasteiger partial charge in [0.25, 0.3) is 10.2 Å². The SMILES string of the molecule is CN(C)S(=O)(=O)N1CCC[C@H](c2cccc(Cc3ccccc3)n2)C1. The molecule has 0 aliphatic carbocycles. The molecule has 3 rings (SSSR count). The highest BCUT2D eigenvalue weighted by Gasteiger charge is 2.31. The Kier molecular flexibility index (Phi) is 5.51. The van der Waals surface area contributed by atoms with Crippen LogP contribution < -0.4 is 0 Å². The van der Waals surface area contributed by atoms with Crippen LogP contribution in [0.15, 0.2) is 48.5 Å². The van der Waals surface area contributed by atoms with Crippen LogP contribution in [0.5, 0.6) is 0 Å². The molecule has 6 heteroatoms. The Labute approximate surface area is 150 Å². The summed E-state index contributed by atoms with van der Waals surface area (Å²) >= 11 is 0. The second-order valence-corrected chi connectivity index (χ2v) is 8.85. The molecule has 5 nitrogen and oxygen atoms in total. The third kappa shape index (κ3) is 4.26. The van der Waals surface area contributed by atoms with Crippen LogP contribution in [0.4, 0.5) is 0 Å². The molecule has 0 N–H and O–H groups in total. The lowest BCUT2D eigenvalue weighted by Crippen LogP contribution is -2.45. The minimum absolute atomic E-state index is 0.152. The molecule has 1 aliphatic heterocycles. The minimum atomic E-state index is -3.36. The normalized spacial score (nSPS) is 19.2. The van der Waals surface area contributed by atoms with Crippen molar-refractivity contribution >= 4 is 10.2 Å². The van der Waals surface area contributed by atoms with Gasteiger partial charge in [0, 0.05) is 50.9 Å². The molecule has 134 valence electrons. The van der Waals surface area contributed by atoms with Crippen molar-refractivity contribution in [1.29, 1.82) is 0 Å². The molecule has 0 unspecified atom stereocenters. The summed E-state index contributed by atoms with van der Waals surface area (Å²) in [7, 11) is -0.199. The fourth-order valence-corrected chi connectivity index (χ4v) is 4.44. The van der Waals surface area contributed by atoms with Gasteiger partial charge in [-0.3, -0.25) is 4.98 Å². The molecular weight excluding hydrogens is 334 g/mol. The van der Waals surface area contributed by atoms with Crippen LogP contribution in [0.2, 0.25) is 0 Å².